The molecule has 0 bridgehead atoms. The quantitative estimate of drug-likeness (QED) is 0.653. The first-order valence-electron chi connectivity index (χ1n) is 9.25. The maximum absolute atomic E-state index is 12.6. The summed E-state index contributed by atoms with van der Waals surface area (Å²) in [6.07, 6.45) is 1.62. The summed E-state index contributed by atoms with van der Waals surface area (Å²) in [6.45, 7) is 2.14. The molecule has 1 saturated heterocycles. The van der Waals surface area contributed by atoms with Crippen LogP contribution in [0, 0.1) is 0 Å². The maximum Gasteiger partial charge on any atom is 0.322 e. The third-order valence-corrected chi connectivity index (χ3v) is 6.63. The monoisotopic (exact) mass is 397 g/mol. The first-order chi connectivity index (χ1) is 13.5. The Bertz CT molecular complexity index is 972. The van der Waals surface area contributed by atoms with E-state index in [4.69, 9.17) is 0 Å². The zero-order valence-electron chi connectivity index (χ0n) is 15.1. The van der Waals surface area contributed by atoms with E-state index in [0.717, 1.165) is 35.1 Å². The smallest absolute Gasteiger partial charge is 0.322 e. The van der Waals surface area contributed by atoms with Gasteiger partial charge in [0.15, 0.2) is 5.17 Å². The van der Waals surface area contributed by atoms with Crippen molar-refractivity contribution in [1.29, 1.82) is 0 Å². The van der Waals surface area contributed by atoms with Gasteiger partial charge in [0.05, 0.1) is 13.1 Å². The van der Waals surface area contributed by atoms with Gasteiger partial charge in [0.1, 0.15) is 5.54 Å². The predicted octanol–water partition coefficient (Wildman–Crippen LogP) is 0.743. The molecule has 0 saturated carbocycles. The molecule has 28 heavy (non-hydrogen) atoms. The van der Waals surface area contributed by atoms with E-state index >= 15 is 0 Å². The van der Waals surface area contributed by atoms with E-state index < -0.39 is 11.6 Å². The molecule has 1 aliphatic carbocycles. The molecule has 9 heteroatoms. The van der Waals surface area contributed by atoms with Crippen LogP contribution in [0.5, 0.6) is 0 Å². The summed E-state index contributed by atoms with van der Waals surface area (Å²) in [4.78, 5) is 42.8. The molecule has 4 amide bonds. The number of hydrogen-bond acceptors (Lipinski definition) is 6. The molecule has 1 fully saturated rings. The molecule has 0 radical (unpaired) electrons. The lowest BCUT2D eigenvalue weighted by molar-refractivity contribution is -0.124. The van der Waals surface area contributed by atoms with E-state index in [-0.39, 0.29) is 11.8 Å². The zero-order chi connectivity index (χ0) is 19.3. The van der Waals surface area contributed by atoms with Crippen molar-refractivity contribution in [2.75, 3.05) is 19.6 Å². The number of amides is 4. The lowest BCUT2D eigenvalue weighted by atomic mass is 9.77. The minimum atomic E-state index is -0.852. The second-order valence-corrected chi connectivity index (χ2v) is 8.21. The van der Waals surface area contributed by atoms with Crippen LogP contribution >= 0.6 is 11.8 Å². The van der Waals surface area contributed by atoms with Crippen molar-refractivity contribution in [3.05, 3.63) is 46.0 Å². The van der Waals surface area contributed by atoms with E-state index in [1.54, 1.807) is 17.8 Å². The van der Waals surface area contributed by atoms with Crippen molar-refractivity contribution in [3.8, 4) is 0 Å². The number of nitrogens with zero attached hydrogens (tertiary/aromatic N) is 2. The van der Waals surface area contributed by atoms with Crippen LogP contribution in [0.1, 0.15) is 27.9 Å². The standard InChI is InChI=1S/C19H19N5O3S/c25-15(21-9-14-10-28-18-20-5-6-24(14)18)12-1-2-13-8-19(4-3-11(13)7-12)16(26)22-17(27)23-19/h1-2,7,10H,3-6,8-9H2,(H,21,25)(H2,22,23,26,27). The second-order valence-electron chi connectivity index (χ2n) is 7.38. The number of amidine groups is 1. The van der Waals surface area contributed by atoms with Gasteiger partial charge < -0.3 is 15.5 Å². The van der Waals surface area contributed by atoms with Crippen LogP contribution in [-0.2, 0) is 17.6 Å². The highest BCUT2D eigenvalue weighted by Gasteiger charge is 2.47. The zero-order valence-corrected chi connectivity index (χ0v) is 15.9. The Balaban J connectivity index is 1.26. The first-order valence-corrected chi connectivity index (χ1v) is 10.1. The number of rotatable bonds is 3. The summed E-state index contributed by atoms with van der Waals surface area (Å²) in [5, 5.41) is 11.1. The van der Waals surface area contributed by atoms with Crippen LogP contribution in [0.3, 0.4) is 0 Å². The number of hydrogen-bond donors (Lipinski definition) is 3. The SMILES string of the molecule is O=C1NC(=O)C2(CCc3cc(C(=O)NCC4=CSC5=NCCN45)ccc3C2)N1. The van der Waals surface area contributed by atoms with E-state index in [1.807, 2.05) is 17.5 Å². The Morgan fingerprint density at radius 1 is 1.32 bits per heavy atom. The Hall–Kier alpha value is -2.81. The molecular formula is C19H19N5O3S. The van der Waals surface area contributed by atoms with Gasteiger partial charge >= 0.3 is 6.03 Å². The van der Waals surface area contributed by atoms with Crippen molar-refractivity contribution >= 4 is 34.8 Å². The Morgan fingerprint density at radius 3 is 3.04 bits per heavy atom. The fourth-order valence-electron chi connectivity index (χ4n) is 4.15. The number of benzene rings is 1. The number of aryl methyl sites for hydroxylation is 1. The predicted molar refractivity (Wildman–Crippen MR) is 105 cm³/mol. The summed E-state index contributed by atoms with van der Waals surface area (Å²) in [5.41, 5.74) is 2.87. The van der Waals surface area contributed by atoms with Gasteiger partial charge in [0, 0.05) is 29.6 Å². The molecule has 0 aromatic heterocycles. The normalized spacial score (nSPS) is 25.1. The summed E-state index contributed by atoms with van der Waals surface area (Å²) >= 11 is 1.60. The Morgan fingerprint density at radius 2 is 2.21 bits per heavy atom. The van der Waals surface area contributed by atoms with Gasteiger partial charge in [-0.2, -0.15) is 0 Å². The van der Waals surface area contributed by atoms with Crippen molar-refractivity contribution in [1.82, 2.24) is 20.9 Å². The van der Waals surface area contributed by atoms with Gasteiger partial charge in [0.25, 0.3) is 11.8 Å². The van der Waals surface area contributed by atoms with Gasteiger partial charge in [-0.05, 0) is 36.1 Å². The Labute approximate surface area is 165 Å². The topological polar surface area (TPSA) is 103 Å². The highest BCUT2D eigenvalue weighted by molar-refractivity contribution is 8.16. The average Bonchev–Trinajstić information content (AvgIpc) is 3.35. The fraction of sp³-hybridized carbons (Fsp3) is 0.368. The van der Waals surface area contributed by atoms with Crippen LogP contribution < -0.4 is 16.0 Å². The number of imide groups is 1. The van der Waals surface area contributed by atoms with Crippen molar-refractivity contribution in [3.63, 3.8) is 0 Å². The molecule has 1 aromatic rings. The van der Waals surface area contributed by atoms with Crippen LogP contribution in [0.4, 0.5) is 4.79 Å². The lowest BCUT2D eigenvalue weighted by Gasteiger charge is -2.32. The summed E-state index contributed by atoms with van der Waals surface area (Å²) in [7, 11) is 0. The molecule has 3 aliphatic heterocycles. The van der Waals surface area contributed by atoms with Gasteiger partial charge in [0.2, 0.25) is 0 Å². The number of urea groups is 1. The van der Waals surface area contributed by atoms with Crippen molar-refractivity contribution < 1.29 is 14.4 Å². The summed E-state index contributed by atoms with van der Waals surface area (Å²) < 4.78 is 0. The molecule has 1 unspecified atom stereocenters. The van der Waals surface area contributed by atoms with Crippen LogP contribution in [0.2, 0.25) is 0 Å². The molecule has 1 spiro atoms. The number of carbonyl (C=O) groups is 3. The van der Waals surface area contributed by atoms with Gasteiger partial charge in [-0.15, -0.1) is 0 Å². The highest BCUT2D eigenvalue weighted by atomic mass is 32.2. The van der Waals surface area contributed by atoms with Crippen molar-refractivity contribution in [2.45, 2.75) is 24.8 Å². The maximum atomic E-state index is 12.6. The van der Waals surface area contributed by atoms with Crippen molar-refractivity contribution in [2.24, 2.45) is 4.99 Å². The molecule has 3 heterocycles. The first kappa shape index (κ1) is 17.3. The summed E-state index contributed by atoms with van der Waals surface area (Å²) in [6, 6.07) is 5.13. The van der Waals surface area contributed by atoms with E-state index in [0.29, 0.717) is 31.4 Å². The summed E-state index contributed by atoms with van der Waals surface area (Å²) in [5.74, 6) is -0.386. The molecule has 4 aliphatic rings. The van der Waals surface area contributed by atoms with Crippen LogP contribution in [-0.4, -0.2) is 53.1 Å². The molecular weight excluding hydrogens is 378 g/mol. The highest BCUT2D eigenvalue weighted by Crippen LogP contribution is 2.32. The molecule has 144 valence electrons. The largest absolute Gasteiger partial charge is 0.346 e. The minimum absolute atomic E-state index is 0.120. The molecule has 3 N–H and O–H groups in total. The van der Waals surface area contributed by atoms with E-state index in [2.05, 4.69) is 25.8 Å². The molecule has 1 atom stereocenters. The number of nitrogens with one attached hydrogen (secondary N) is 3. The number of fused-ring (bicyclic) bond motifs is 2. The lowest BCUT2D eigenvalue weighted by Crippen LogP contribution is -2.51. The van der Waals surface area contributed by atoms with Gasteiger partial charge in [-0.25, -0.2) is 4.79 Å². The van der Waals surface area contributed by atoms with E-state index in [1.165, 1.54) is 0 Å². The van der Waals surface area contributed by atoms with Gasteiger partial charge in [-0.3, -0.25) is 19.9 Å². The minimum Gasteiger partial charge on any atom is -0.346 e. The van der Waals surface area contributed by atoms with E-state index in [9.17, 15) is 14.4 Å². The number of thioether (sulfide) groups is 1. The molecule has 5 rings (SSSR count). The second kappa shape index (κ2) is 6.37. The third kappa shape index (κ3) is 2.77. The number of carbonyl (C=O) groups excluding carboxylic acids is 3. The fourth-order valence-corrected chi connectivity index (χ4v) is 5.10. The van der Waals surface area contributed by atoms with Crippen LogP contribution in [0.15, 0.2) is 34.3 Å². The number of aliphatic imine (C=N–C) groups is 1. The van der Waals surface area contributed by atoms with Gasteiger partial charge in [-0.1, -0.05) is 17.8 Å². The van der Waals surface area contributed by atoms with Crippen LogP contribution in [0.25, 0.3) is 0 Å². The molecule has 1 aromatic carbocycles. The third-order valence-electron chi connectivity index (χ3n) is 5.68. The Kier molecular flexibility index (Phi) is 3.94. The average molecular weight is 397 g/mol. The molecule has 8 nitrogen and oxygen atoms in total.